The summed E-state index contributed by atoms with van der Waals surface area (Å²) in [7, 11) is 0. The van der Waals surface area contributed by atoms with Crippen LogP contribution in [0.4, 0.5) is 17.3 Å². The van der Waals surface area contributed by atoms with Gasteiger partial charge in [0, 0.05) is 5.71 Å². The number of nitrogen functional groups attached to an aromatic ring is 1. The van der Waals surface area contributed by atoms with Crippen molar-refractivity contribution in [3.8, 4) is 0 Å². The predicted octanol–water partition coefficient (Wildman–Crippen LogP) is 2.33. The Morgan fingerprint density at radius 2 is 2.05 bits per heavy atom. The fourth-order valence-corrected chi connectivity index (χ4v) is 1.80. The largest absolute Gasteiger partial charge is 0.382 e. The quantitative estimate of drug-likeness (QED) is 0.589. The average Bonchev–Trinajstić information content (AvgIpc) is 2.78. The van der Waals surface area contributed by atoms with E-state index < -0.39 is 0 Å². The molecule has 0 bridgehead atoms. The second kappa shape index (κ2) is 6.25. The maximum absolute atomic E-state index is 12.2. The lowest BCUT2D eigenvalue weighted by atomic mass is 10.2. The van der Waals surface area contributed by atoms with Gasteiger partial charge in [-0.2, -0.15) is 5.10 Å². The standard InChI is InChI=1S/C14H18N6O2/c1-7(2)18-19-11-6-5-10(13(15)17-11)16-14(21)12-8(3)20-22-9(12)4/h5-6H,1-4H3,(H,16,21)(H3,15,17,19). The molecule has 1 amide bonds. The van der Waals surface area contributed by atoms with Crippen LogP contribution in [0.5, 0.6) is 0 Å². The zero-order chi connectivity index (χ0) is 16.3. The number of carbonyl (C=O) groups is 1. The van der Waals surface area contributed by atoms with Crippen LogP contribution in [-0.4, -0.2) is 21.8 Å². The van der Waals surface area contributed by atoms with Gasteiger partial charge in [-0.25, -0.2) is 4.98 Å². The molecule has 2 heterocycles. The van der Waals surface area contributed by atoms with E-state index in [2.05, 4.69) is 26.0 Å². The molecule has 2 rings (SSSR count). The third-order valence-electron chi connectivity index (χ3n) is 2.83. The number of hydrogen-bond donors (Lipinski definition) is 3. The van der Waals surface area contributed by atoms with Gasteiger partial charge in [-0.3, -0.25) is 10.2 Å². The smallest absolute Gasteiger partial charge is 0.261 e. The number of nitrogens with two attached hydrogens (primary N) is 1. The Kier molecular flexibility index (Phi) is 4.40. The molecule has 0 aliphatic carbocycles. The number of aromatic nitrogens is 2. The van der Waals surface area contributed by atoms with Gasteiger partial charge < -0.3 is 15.6 Å². The summed E-state index contributed by atoms with van der Waals surface area (Å²) in [5.41, 5.74) is 10.8. The predicted molar refractivity (Wildman–Crippen MR) is 85.0 cm³/mol. The summed E-state index contributed by atoms with van der Waals surface area (Å²) in [6, 6.07) is 3.33. The summed E-state index contributed by atoms with van der Waals surface area (Å²) in [5, 5.41) is 10.5. The maximum Gasteiger partial charge on any atom is 0.261 e. The molecule has 0 unspecified atom stereocenters. The molecule has 0 fully saturated rings. The highest BCUT2D eigenvalue weighted by Crippen LogP contribution is 2.21. The minimum Gasteiger partial charge on any atom is -0.382 e. The summed E-state index contributed by atoms with van der Waals surface area (Å²) in [6.07, 6.45) is 0. The third kappa shape index (κ3) is 3.40. The summed E-state index contributed by atoms with van der Waals surface area (Å²) >= 11 is 0. The molecule has 0 aliphatic heterocycles. The normalized spacial score (nSPS) is 10.2. The Hall–Kier alpha value is -2.90. The van der Waals surface area contributed by atoms with Crippen molar-refractivity contribution in [1.82, 2.24) is 10.1 Å². The van der Waals surface area contributed by atoms with Crippen LogP contribution in [0.25, 0.3) is 0 Å². The molecule has 0 spiro atoms. The Morgan fingerprint density at radius 3 is 2.59 bits per heavy atom. The number of anilines is 3. The van der Waals surface area contributed by atoms with Gasteiger partial charge in [0.2, 0.25) is 0 Å². The van der Waals surface area contributed by atoms with Gasteiger partial charge in [0.25, 0.3) is 5.91 Å². The number of hydrogen-bond acceptors (Lipinski definition) is 7. The van der Waals surface area contributed by atoms with Crippen LogP contribution in [0.15, 0.2) is 21.8 Å². The van der Waals surface area contributed by atoms with Gasteiger partial charge in [0.05, 0.1) is 11.4 Å². The molecule has 22 heavy (non-hydrogen) atoms. The average molecular weight is 302 g/mol. The minimum atomic E-state index is -0.340. The van der Waals surface area contributed by atoms with Crippen LogP contribution in [0.2, 0.25) is 0 Å². The first-order valence-corrected chi connectivity index (χ1v) is 6.66. The number of aryl methyl sites for hydroxylation is 2. The lowest BCUT2D eigenvalue weighted by Crippen LogP contribution is -2.15. The molecule has 4 N–H and O–H groups in total. The maximum atomic E-state index is 12.2. The molecular weight excluding hydrogens is 284 g/mol. The SMILES string of the molecule is CC(C)=NNc1ccc(NC(=O)c2c(C)noc2C)c(N)n1. The number of nitrogens with zero attached hydrogens (tertiary/aromatic N) is 3. The van der Waals surface area contributed by atoms with Crippen LogP contribution in [0.3, 0.4) is 0 Å². The van der Waals surface area contributed by atoms with Crippen molar-refractivity contribution >= 4 is 28.9 Å². The highest BCUT2D eigenvalue weighted by molar-refractivity contribution is 6.06. The molecule has 0 aromatic carbocycles. The minimum absolute atomic E-state index is 0.189. The van der Waals surface area contributed by atoms with Gasteiger partial charge in [-0.15, -0.1) is 0 Å². The molecule has 2 aromatic rings. The van der Waals surface area contributed by atoms with Crippen molar-refractivity contribution in [3.05, 3.63) is 29.2 Å². The van der Waals surface area contributed by atoms with Gasteiger partial charge >= 0.3 is 0 Å². The molecule has 0 atom stereocenters. The Bertz CT molecular complexity index is 711. The van der Waals surface area contributed by atoms with Crippen molar-refractivity contribution in [3.63, 3.8) is 0 Å². The van der Waals surface area contributed by atoms with Gasteiger partial charge in [-0.1, -0.05) is 5.16 Å². The van der Waals surface area contributed by atoms with E-state index >= 15 is 0 Å². The first-order chi connectivity index (χ1) is 10.4. The molecule has 0 aliphatic rings. The summed E-state index contributed by atoms with van der Waals surface area (Å²) in [6.45, 7) is 7.09. The molecule has 0 saturated heterocycles. The third-order valence-corrected chi connectivity index (χ3v) is 2.83. The van der Waals surface area contributed by atoms with Crippen molar-refractivity contribution < 1.29 is 9.32 Å². The number of rotatable bonds is 4. The van der Waals surface area contributed by atoms with Crippen molar-refractivity contribution in [2.24, 2.45) is 5.10 Å². The fraction of sp³-hybridized carbons (Fsp3) is 0.286. The van der Waals surface area contributed by atoms with Crippen LogP contribution in [-0.2, 0) is 0 Å². The number of carbonyl (C=O) groups excluding carboxylic acids is 1. The highest BCUT2D eigenvalue weighted by Gasteiger charge is 2.18. The first kappa shape index (κ1) is 15.5. The van der Waals surface area contributed by atoms with E-state index in [9.17, 15) is 4.79 Å². The van der Waals surface area contributed by atoms with E-state index in [1.807, 2.05) is 13.8 Å². The van der Waals surface area contributed by atoms with E-state index in [0.29, 0.717) is 28.5 Å². The zero-order valence-corrected chi connectivity index (χ0v) is 12.9. The number of pyridine rings is 1. The van der Waals surface area contributed by atoms with Gasteiger partial charge in [0.15, 0.2) is 0 Å². The van der Waals surface area contributed by atoms with Crippen LogP contribution < -0.4 is 16.5 Å². The van der Waals surface area contributed by atoms with Crippen molar-refractivity contribution in [1.29, 1.82) is 0 Å². The first-order valence-electron chi connectivity index (χ1n) is 6.66. The van der Waals surface area contributed by atoms with Gasteiger partial charge in [-0.05, 0) is 39.8 Å². The summed E-state index contributed by atoms with van der Waals surface area (Å²) < 4.78 is 4.98. The van der Waals surface area contributed by atoms with Crippen LogP contribution in [0.1, 0.15) is 35.7 Å². The fourth-order valence-electron chi connectivity index (χ4n) is 1.80. The second-order valence-corrected chi connectivity index (χ2v) is 4.95. The molecule has 2 aromatic heterocycles. The Balaban J connectivity index is 2.17. The topological polar surface area (TPSA) is 118 Å². The number of nitrogens with one attached hydrogen (secondary N) is 2. The van der Waals surface area contributed by atoms with Gasteiger partial charge in [0.1, 0.15) is 23.0 Å². The van der Waals surface area contributed by atoms with E-state index in [4.69, 9.17) is 10.3 Å². The number of amides is 1. The monoisotopic (exact) mass is 302 g/mol. The molecular formula is C14H18N6O2. The van der Waals surface area contributed by atoms with E-state index in [1.54, 1.807) is 26.0 Å². The van der Waals surface area contributed by atoms with Crippen molar-refractivity contribution in [2.45, 2.75) is 27.7 Å². The molecule has 0 saturated carbocycles. The molecule has 8 nitrogen and oxygen atoms in total. The lowest BCUT2D eigenvalue weighted by Gasteiger charge is -2.09. The van der Waals surface area contributed by atoms with E-state index in [-0.39, 0.29) is 11.7 Å². The van der Waals surface area contributed by atoms with Crippen LogP contribution >= 0.6 is 0 Å². The Labute approximate surface area is 127 Å². The molecule has 0 radical (unpaired) electrons. The second-order valence-electron chi connectivity index (χ2n) is 4.95. The zero-order valence-electron chi connectivity index (χ0n) is 12.9. The Morgan fingerprint density at radius 1 is 1.32 bits per heavy atom. The van der Waals surface area contributed by atoms with E-state index in [1.165, 1.54) is 0 Å². The molecule has 8 heteroatoms. The van der Waals surface area contributed by atoms with E-state index in [0.717, 1.165) is 5.71 Å². The molecule has 116 valence electrons. The highest BCUT2D eigenvalue weighted by atomic mass is 16.5. The van der Waals surface area contributed by atoms with Crippen LogP contribution in [0, 0.1) is 13.8 Å². The van der Waals surface area contributed by atoms with Crippen molar-refractivity contribution in [2.75, 3.05) is 16.5 Å². The number of hydrazone groups is 1. The lowest BCUT2D eigenvalue weighted by molar-refractivity contribution is 0.102. The summed E-state index contributed by atoms with van der Waals surface area (Å²) in [5.74, 6) is 0.795. The summed E-state index contributed by atoms with van der Waals surface area (Å²) in [4.78, 5) is 16.4.